The molecule has 0 fully saturated rings. The second kappa shape index (κ2) is 3.76. The summed E-state index contributed by atoms with van der Waals surface area (Å²) >= 11 is 15.1. The van der Waals surface area contributed by atoms with Crippen LogP contribution >= 0.6 is 34.8 Å². The van der Waals surface area contributed by atoms with Crippen molar-refractivity contribution >= 4 is 34.8 Å². The summed E-state index contributed by atoms with van der Waals surface area (Å²) in [6.07, 6.45) is 0.602. The Balaban J connectivity index is 3.11. The molecule has 0 atom stereocenters. The van der Waals surface area contributed by atoms with E-state index in [1.165, 1.54) is 0 Å². The molecule has 0 aliphatic carbocycles. The minimum atomic E-state index is -2.09. The lowest BCUT2D eigenvalue weighted by molar-refractivity contribution is 0.368. The first-order valence-electron chi connectivity index (χ1n) is 2.19. The van der Waals surface area contributed by atoms with E-state index in [1.807, 2.05) is 0 Å². The van der Waals surface area contributed by atoms with E-state index < -0.39 is 4.59 Å². The lowest BCUT2D eigenvalue weighted by Crippen LogP contribution is -2.02. The highest BCUT2D eigenvalue weighted by Gasteiger charge is 2.20. The first-order chi connectivity index (χ1) is 3.56. The molecule has 0 spiro atoms. The van der Waals surface area contributed by atoms with Gasteiger partial charge in [-0.1, -0.05) is 23.2 Å². The van der Waals surface area contributed by atoms with Crippen LogP contribution in [-0.4, -0.2) is 10.5 Å². The van der Waals surface area contributed by atoms with Gasteiger partial charge in [-0.3, -0.25) is 0 Å². The topological polar surface area (TPSA) is 0 Å². The van der Waals surface area contributed by atoms with Gasteiger partial charge in [-0.2, -0.15) is 0 Å². The third kappa shape index (κ3) is 6.80. The van der Waals surface area contributed by atoms with E-state index in [9.17, 15) is 4.39 Å². The Morgan fingerprint density at radius 3 is 2.00 bits per heavy atom. The molecule has 0 N–H and O–H groups in total. The van der Waals surface area contributed by atoms with Gasteiger partial charge in [0.2, 0.25) is 0 Å². The van der Waals surface area contributed by atoms with Crippen molar-refractivity contribution in [2.24, 2.45) is 0 Å². The highest BCUT2D eigenvalue weighted by atomic mass is 35.5. The Bertz CT molecular complexity index is 58.8. The Morgan fingerprint density at radius 1 is 1.38 bits per heavy atom. The third-order valence-corrected chi connectivity index (χ3v) is 1.24. The molecule has 0 rings (SSSR count). The Hall–Kier alpha value is 0.800. The van der Waals surface area contributed by atoms with Gasteiger partial charge in [0.15, 0.2) is 0 Å². The molecule has 50 valence electrons. The summed E-state index contributed by atoms with van der Waals surface area (Å²) in [6.45, 7) is 0. The van der Waals surface area contributed by atoms with Gasteiger partial charge < -0.3 is 0 Å². The molecule has 0 saturated heterocycles. The minimum absolute atomic E-state index is 0.0968. The molecular formula is C4H6Cl3F. The van der Waals surface area contributed by atoms with Gasteiger partial charge >= 0.3 is 0 Å². The van der Waals surface area contributed by atoms with Crippen LogP contribution in [0.25, 0.3) is 0 Å². The zero-order chi connectivity index (χ0) is 6.62. The highest BCUT2D eigenvalue weighted by molar-refractivity contribution is 6.47. The fourth-order valence-corrected chi connectivity index (χ4v) is 0.668. The summed E-state index contributed by atoms with van der Waals surface area (Å²) in [5, 5.41) is 0. The summed E-state index contributed by atoms with van der Waals surface area (Å²) < 4.78 is 9.96. The average Bonchev–Trinajstić information content (AvgIpc) is 1.59. The Kier molecular flexibility index (Phi) is 4.13. The van der Waals surface area contributed by atoms with Crippen LogP contribution in [0, 0.1) is 0 Å². The maximum absolute atomic E-state index is 12.0. The molecule has 0 heterocycles. The number of halogens is 4. The predicted molar refractivity (Wildman–Crippen MR) is 35.5 cm³/mol. The van der Waals surface area contributed by atoms with Gasteiger partial charge in [0, 0.05) is 12.3 Å². The van der Waals surface area contributed by atoms with Crippen LogP contribution in [-0.2, 0) is 0 Å². The van der Waals surface area contributed by atoms with E-state index in [-0.39, 0.29) is 6.42 Å². The van der Waals surface area contributed by atoms with Crippen LogP contribution in [0.3, 0.4) is 0 Å². The molecule has 0 saturated carbocycles. The summed E-state index contributed by atoms with van der Waals surface area (Å²) in [6, 6.07) is 0. The molecule has 0 aliphatic heterocycles. The van der Waals surface area contributed by atoms with E-state index in [0.29, 0.717) is 12.3 Å². The van der Waals surface area contributed by atoms with Gasteiger partial charge in [0.1, 0.15) is 0 Å². The third-order valence-electron chi connectivity index (χ3n) is 0.594. The van der Waals surface area contributed by atoms with Crippen molar-refractivity contribution in [3.63, 3.8) is 0 Å². The van der Waals surface area contributed by atoms with Crippen molar-refractivity contribution < 1.29 is 4.39 Å². The van der Waals surface area contributed by atoms with E-state index in [0.717, 1.165) is 0 Å². The van der Waals surface area contributed by atoms with Crippen molar-refractivity contribution in [2.75, 3.05) is 5.88 Å². The quantitative estimate of drug-likeness (QED) is 0.584. The van der Waals surface area contributed by atoms with Crippen molar-refractivity contribution in [1.29, 1.82) is 0 Å². The Labute approximate surface area is 62.9 Å². The van der Waals surface area contributed by atoms with E-state index >= 15 is 0 Å². The molecule has 0 amide bonds. The largest absolute Gasteiger partial charge is 0.257 e. The van der Waals surface area contributed by atoms with Crippen LogP contribution in [0.15, 0.2) is 0 Å². The van der Waals surface area contributed by atoms with Gasteiger partial charge in [-0.25, -0.2) is 4.39 Å². The fraction of sp³-hybridized carbons (Fsp3) is 1.00. The lowest BCUT2D eigenvalue weighted by atomic mass is 10.4. The van der Waals surface area contributed by atoms with E-state index in [4.69, 9.17) is 34.8 Å². The predicted octanol–water partition coefficient (Wildman–Crippen LogP) is 3.11. The standard InChI is InChI=1S/C4H6Cl3F/c5-3-1-2-4(6,7)8/h1-3H2. The number of rotatable bonds is 3. The van der Waals surface area contributed by atoms with Gasteiger partial charge in [0.05, 0.1) is 0 Å². The van der Waals surface area contributed by atoms with Crippen LogP contribution in [0.1, 0.15) is 12.8 Å². The average molecular weight is 179 g/mol. The zero-order valence-electron chi connectivity index (χ0n) is 4.13. The van der Waals surface area contributed by atoms with Crippen molar-refractivity contribution in [1.82, 2.24) is 0 Å². The maximum atomic E-state index is 12.0. The molecule has 0 nitrogen and oxygen atoms in total. The normalized spacial score (nSPS) is 12.0. The number of hydrogen-bond acceptors (Lipinski definition) is 0. The molecule has 0 bridgehead atoms. The minimum Gasteiger partial charge on any atom is -0.208 e. The summed E-state index contributed by atoms with van der Waals surface area (Å²) in [7, 11) is 0. The van der Waals surface area contributed by atoms with Gasteiger partial charge in [-0.15, -0.1) is 11.6 Å². The lowest BCUT2D eigenvalue weighted by Gasteiger charge is -2.05. The number of hydrogen-bond donors (Lipinski definition) is 0. The molecule has 0 aromatic heterocycles. The zero-order valence-corrected chi connectivity index (χ0v) is 6.40. The highest BCUT2D eigenvalue weighted by Crippen LogP contribution is 2.27. The number of alkyl halides is 4. The van der Waals surface area contributed by atoms with Crippen molar-refractivity contribution in [3.8, 4) is 0 Å². The molecule has 0 radical (unpaired) electrons. The van der Waals surface area contributed by atoms with Crippen LogP contribution < -0.4 is 0 Å². The van der Waals surface area contributed by atoms with E-state index in [1.54, 1.807) is 0 Å². The molecule has 0 aromatic rings. The molecule has 0 aromatic carbocycles. The maximum Gasteiger partial charge on any atom is 0.257 e. The van der Waals surface area contributed by atoms with E-state index in [2.05, 4.69) is 0 Å². The summed E-state index contributed by atoms with van der Waals surface area (Å²) in [5.41, 5.74) is 0. The fourth-order valence-electron chi connectivity index (χ4n) is 0.267. The van der Waals surface area contributed by atoms with Crippen molar-refractivity contribution in [2.45, 2.75) is 17.4 Å². The monoisotopic (exact) mass is 178 g/mol. The van der Waals surface area contributed by atoms with Gasteiger partial charge in [-0.05, 0) is 6.42 Å². The first-order valence-corrected chi connectivity index (χ1v) is 3.48. The first kappa shape index (κ1) is 8.80. The molecule has 0 aliphatic rings. The summed E-state index contributed by atoms with van der Waals surface area (Å²) in [5.74, 6) is 0.394. The summed E-state index contributed by atoms with van der Waals surface area (Å²) in [4.78, 5) is 0. The molecule has 0 unspecified atom stereocenters. The molecule has 8 heavy (non-hydrogen) atoms. The SMILES string of the molecule is FC(Cl)(Cl)CCCCl. The van der Waals surface area contributed by atoms with Crippen LogP contribution in [0.5, 0.6) is 0 Å². The van der Waals surface area contributed by atoms with Crippen LogP contribution in [0.4, 0.5) is 4.39 Å². The second-order valence-corrected chi connectivity index (χ2v) is 3.18. The molecule has 4 heteroatoms. The van der Waals surface area contributed by atoms with Crippen molar-refractivity contribution in [3.05, 3.63) is 0 Å². The van der Waals surface area contributed by atoms with Gasteiger partial charge in [0.25, 0.3) is 4.59 Å². The second-order valence-electron chi connectivity index (χ2n) is 1.41. The molecular weight excluding hydrogens is 173 g/mol. The Morgan fingerprint density at radius 2 is 1.88 bits per heavy atom. The smallest absolute Gasteiger partial charge is 0.208 e. The van der Waals surface area contributed by atoms with Crippen LogP contribution in [0.2, 0.25) is 0 Å².